The van der Waals surface area contributed by atoms with Crippen LogP contribution in [0.1, 0.15) is 44.8 Å². The summed E-state index contributed by atoms with van der Waals surface area (Å²) in [6.07, 6.45) is 4.31. The SMILES string of the molecule is C=C(CC)CC(NCCC)c1ncccc1F. The third-order valence-corrected chi connectivity index (χ3v) is 2.75. The van der Waals surface area contributed by atoms with Gasteiger partial charge in [-0.2, -0.15) is 0 Å². The molecule has 1 aromatic rings. The maximum absolute atomic E-state index is 13.7. The van der Waals surface area contributed by atoms with Crippen LogP contribution in [-0.2, 0) is 0 Å². The van der Waals surface area contributed by atoms with Gasteiger partial charge in [0.1, 0.15) is 5.82 Å². The molecule has 0 bridgehead atoms. The summed E-state index contributed by atoms with van der Waals surface area (Å²) in [6.45, 7) is 9.00. The van der Waals surface area contributed by atoms with Crippen molar-refractivity contribution in [3.8, 4) is 0 Å². The Balaban J connectivity index is 2.81. The molecule has 0 saturated carbocycles. The highest BCUT2D eigenvalue weighted by molar-refractivity contribution is 5.14. The van der Waals surface area contributed by atoms with Crippen molar-refractivity contribution in [3.63, 3.8) is 0 Å². The van der Waals surface area contributed by atoms with E-state index in [9.17, 15) is 4.39 Å². The number of halogens is 1. The zero-order valence-corrected chi connectivity index (χ0v) is 10.7. The maximum Gasteiger partial charge on any atom is 0.146 e. The summed E-state index contributed by atoms with van der Waals surface area (Å²) in [7, 11) is 0. The fourth-order valence-electron chi connectivity index (χ4n) is 1.67. The molecule has 0 radical (unpaired) electrons. The van der Waals surface area contributed by atoms with Crippen LogP contribution in [0.4, 0.5) is 4.39 Å². The van der Waals surface area contributed by atoms with E-state index in [-0.39, 0.29) is 11.9 Å². The maximum atomic E-state index is 13.7. The number of nitrogens with zero attached hydrogens (tertiary/aromatic N) is 1. The van der Waals surface area contributed by atoms with Crippen LogP contribution in [0, 0.1) is 5.82 Å². The average molecular weight is 236 g/mol. The van der Waals surface area contributed by atoms with Crippen molar-refractivity contribution in [2.45, 2.75) is 39.2 Å². The molecule has 1 unspecified atom stereocenters. The third-order valence-electron chi connectivity index (χ3n) is 2.75. The molecule has 94 valence electrons. The van der Waals surface area contributed by atoms with Crippen LogP contribution in [0.2, 0.25) is 0 Å². The molecule has 2 nitrogen and oxygen atoms in total. The standard InChI is InChI=1S/C14H21FN2/c1-4-8-16-13(10-11(3)5-2)14-12(15)7-6-9-17-14/h6-7,9,13,16H,3-5,8,10H2,1-2H3. The molecule has 1 aromatic heterocycles. The van der Waals surface area contributed by atoms with Crippen molar-refractivity contribution in [1.82, 2.24) is 10.3 Å². The van der Waals surface area contributed by atoms with E-state index in [2.05, 4.69) is 30.7 Å². The minimum absolute atomic E-state index is 0.0661. The van der Waals surface area contributed by atoms with Crippen LogP contribution in [0.15, 0.2) is 30.5 Å². The number of nitrogens with one attached hydrogen (secondary N) is 1. The molecule has 0 fully saturated rings. The van der Waals surface area contributed by atoms with E-state index in [1.165, 1.54) is 6.07 Å². The van der Waals surface area contributed by atoms with E-state index in [4.69, 9.17) is 0 Å². The minimum Gasteiger partial charge on any atom is -0.308 e. The number of aromatic nitrogens is 1. The first-order valence-corrected chi connectivity index (χ1v) is 6.19. The van der Waals surface area contributed by atoms with Crippen LogP contribution >= 0.6 is 0 Å². The Morgan fingerprint density at radius 1 is 1.53 bits per heavy atom. The molecule has 0 saturated heterocycles. The minimum atomic E-state index is -0.245. The quantitative estimate of drug-likeness (QED) is 0.731. The van der Waals surface area contributed by atoms with Gasteiger partial charge in [-0.05, 0) is 37.9 Å². The summed E-state index contributed by atoms with van der Waals surface area (Å²) in [4.78, 5) is 4.14. The molecule has 0 aromatic carbocycles. The molecule has 0 amide bonds. The Labute approximate surface area is 103 Å². The number of rotatable bonds is 7. The highest BCUT2D eigenvalue weighted by Gasteiger charge is 2.16. The molecule has 1 rings (SSSR count). The third kappa shape index (κ3) is 4.27. The lowest BCUT2D eigenvalue weighted by molar-refractivity contribution is 0.479. The van der Waals surface area contributed by atoms with Crippen LogP contribution in [0.25, 0.3) is 0 Å². The zero-order valence-electron chi connectivity index (χ0n) is 10.7. The van der Waals surface area contributed by atoms with E-state index in [0.717, 1.165) is 31.4 Å². The van der Waals surface area contributed by atoms with Crippen molar-refractivity contribution < 1.29 is 4.39 Å². The van der Waals surface area contributed by atoms with Gasteiger partial charge in [-0.1, -0.05) is 26.0 Å². The number of hydrogen-bond donors (Lipinski definition) is 1. The number of hydrogen-bond acceptors (Lipinski definition) is 2. The van der Waals surface area contributed by atoms with E-state index in [1.54, 1.807) is 12.3 Å². The first kappa shape index (κ1) is 13.8. The molecule has 0 aliphatic heterocycles. The molecule has 1 heterocycles. The van der Waals surface area contributed by atoms with Crippen molar-refractivity contribution in [2.24, 2.45) is 0 Å². The second-order valence-corrected chi connectivity index (χ2v) is 4.18. The molecule has 0 aliphatic rings. The summed E-state index contributed by atoms with van der Waals surface area (Å²) in [5, 5.41) is 3.33. The van der Waals surface area contributed by atoms with Crippen molar-refractivity contribution in [1.29, 1.82) is 0 Å². The second kappa shape index (κ2) is 7.17. The summed E-state index contributed by atoms with van der Waals surface area (Å²) in [5.74, 6) is -0.245. The summed E-state index contributed by atoms with van der Waals surface area (Å²) < 4.78 is 13.7. The van der Waals surface area contributed by atoms with E-state index >= 15 is 0 Å². The van der Waals surface area contributed by atoms with Gasteiger partial charge < -0.3 is 5.32 Å². The van der Waals surface area contributed by atoms with E-state index < -0.39 is 0 Å². The first-order valence-electron chi connectivity index (χ1n) is 6.19. The van der Waals surface area contributed by atoms with Crippen LogP contribution < -0.4 is 5.32 Å². The Morgan fingerprint density at radius 2 is 2.29 bits per heavy atom. The predicted molar refractivity (Wildman–Crippen MR) is 69.3 cm³/mol. The van der Waals surface area contributed by atoms with Gasteiger partial charge >= 0.3 is 0 Å². The lowest BCUT2D eigenvalue weighted by atomic mass is 10.0. The normalized spacial score (nSPS) is 12.4. The van der Waals surface area contributed by atoms with Gasteiger partial charge in [0.2, 0.25) is 0 Å². The van der Waals surface area contributed by atoms with Crippen LogP contribution in [0.3, 0.4) is 0 Å². The molecule has 0 spiro atoms. The van der Waals surface area contributed by atoms with Gasteiger partial charge in [0.25, 0.3) is 0 Å². The first-order chi connectivity index (χ1) is 8.19. The molecule has 1 N–H and O–H groups in total. The topological polar surface area (TPSA) is 24.9 Å². The predicted octanol–water partition coefficient (Wildman–Crippen LogP) is 3.62. The fraction of sp³-hybridized carbons (Fsp3) is 0.500. The van der Waals surface area contributed by atoms with Gasteiger partial charge in [0, 0.05) is 6.20 Å². The molecular formula is C14H21FN2. The molecule has 3 heteroatoms. The Morgan fingerprint density at radius 3 is 2.88 bits per heavy atom. The summed E-state index contributed by atoms with van der Waals surface area (Å²) in [5.41, 5.74) is 1.61. The Kier molecular flexibility index (Phi) is 5.84. The summed E-state index contributed by atoms with van der Waals surface area (Å²) in [6, 6.07) is 3.01. The molecule has 0 aliphatic carbocycles. The van der Waals surface area contributed by atoms with Crippen molar-refractivity contribution in [3.05, 3.63) is 42.0 Å². The highest BCUT2D eigenvalue weighted by atomic mass is 19.1. The van der Waals surface area contributed by atoms with Gasteiger partial charge in [-0.25, -0.2) is 4.39 Å². The van der Waals surface area contributed by atoms with Gasteiger partial charge in [0.15, 0.2) is 0 Å². The van der Waals surface area contributed by atoms with Gasteiger partial charge in [-0.3, -0.25) is 4.98 Å². The van der Waals surface area contributed by atoms with Crippen molar-refractivity contribution >= 4 is 0 Å². The molecule has 17 heavy (non-hydrogen) atoms. The lowest BCUT2D eigenvalue weighted by Gasteiger charge is -2.19. The van der Waals surface area contributed by atoms with Crippen LogP contribution in [-0.4, -0.2) is 11.5 Å². The fourth-order valence-corrected chi connectivity index (χ4v) is 1.67. The number of pyridine rings is 1. The second-order valence-electron chi connectivity index (χ2n) is 4.18. The largest absolute Gasteiger partial charge is 0.308 e. The average Bonchev–Trinajstić information content (AvgIpc) is 2.35. The van der Waals surface area contributed by atoms with Gasteiger partial charge in [-0.15, -0.1) is 0 Å². The van der Waals surface area contributed by atoms with Crippen LogP contribution in [0.5, 0.6) is 0 Å². The Bertz CT molecular complexity index is 363. The molecule has 1 atom stereocenters. The smallest absolute Gasteiger partial charge is 0.146 e. The Hall–Kier alpha value is -1.22. The zero-order chi connectivity index (χ0) is 12.7. The highest BCUT2D eigenvalue weighted by Crippen LogP contribution is 2.22. The van der Waals surface area contributed by atoms with Crippen molar-refractivity contribution in [2.75, 3.05) is 6.54 Å². The molecular weight excluding hydrogens is 215 g/mol. The monoisotopic (exact) mass is 236 g/mol. The summed E-state index contributed by atoms with van der Waals surface area (Å²) >= 11 is 0. The van der Waals surface area contributed by atoms with E-state index in [1.807, 2.05) is 0 Å². The lowest BCUT2D eigenvalue weighted by Crippen LogP contribution is -2.24. The van der Waals surface area contributed by atoms with E-state index in [0.29, 0.717) is 5.69 Å². The van der Waals surface area contributed by atoms with Gasteiger partial charge in [0.05, 0.1) is 11.7 Å².